The molecule has 0 saturated heterocycles. The first-order chi connectivity index (χ1) is 12.4. The van der Waals surface area contributed by atoms with Gasteiger partial charge in [-0.25, -0.2) is 5.43 Å². The Balaban J connectivity index is 1.93. The van der Waals surface area contributed by atoms with Crippen LogP contribution in [0.2, 0.25) is 0 Å². The number of carbonyl (C=O) groups excluding carboxylic acids is 1. The number of benzene rings is 2. The predicted molar refractivity (Wildman–Crippen MR) is 107 cm³/mol. The van der Waals surface area contributed by atoms with Gasteiger partial charge in [-0.15, -0.1) is 0 Å². The molecule has 0 aliphatic rings. The van der Waals surface area contributed by atoms with Gasteiger partial charge in [0.15, 0.2) is 18.1 Å². The number of hydrogen-bond acceptors (Lipinski definition) is 5. The smallest absolute Gasteiger partial charge is 0.277 e. The van der Waals surface area contributed by atoms with Crippen LogP contribution in [0.15, 0.2) is 44.4 Å². The van der Waals surface area contributed by atoms with Crippen molar-refractivity contribution in [3.05, 3.63) is 50.4 Å². The molecule has 0 aromatic heterocycles. The summed E-state index contributed by atoms with van der Waals surface area (Å²) in [6.45, 7) is 1.87. The minimum Gasteiger partial charge on any atom is -0.503 e. The fourth-order valence-electron chi connectivity index (χ4n) is 2.14. The van der Waals surface area contributed by atoms with E-state index >= 15 is 0 Å². The van der Waals surface area contributed by atoms with Crippen LogP contribution >= 0.6 is 31.9 Å². The molecule has 2 N–H and O–H groups in total. The van der Waals surface area contributed by atoms with Gasteiger partial charge in [-0.3, -0.25) is 4.79 Å². The van der Waals surface area contributed by atoms with E-state index in [1.54, 1.807) is 12.1 Å². The zero-order valence-corrected chi connectivity index (χ0v) is 17.4. The maximum Gasteiger partial charge on any atom is 0.277 e. The number of ether oxygens (including phenoxy) is 2. The van der Waals surface area contributed by atoms with Crippen molar-refractivity contribution in [3.63, 3.8) is 0 Å². The van der Waals surface area contributed by atoms with Gasteiger partial charge in [0.05, 0.1) is 17.8 Å². The quantitative estimate of drug-likeness (QED) is 0.458. The highest BCUT2D eigenvalue weighted by atomic mass is 79.9. The molecule has 0 bridgehead atoms. The Morgan fingerprint density at radius 3 is 2.73 bits per heavy atom. The Bertz CT molecular complexity index is 825. The third-order valence-electron chi connectivity index (χ3n) is 3.44. The van der Waals surface area contributed by atoms with Crippen molar-refractivity contribution >= 4 is 44.0 Å². The average molecular weight is 486 g/mol. The van der Waals surface area contributed by atoms with E-state index in [0.717, 1.165) is 16.5 Å². The maximum atomic E-state index is 11.9. The van der Waals surface area contributed by atoms with E-state index < -0.39 is 0 Å². The predicted octanol–water partition coefficient (Wildman–Crippen LogP) is 4.02. The lowest BCUT2D eigenvalue weighted by Gasteiger charge is -2.10. The number of methoxy groups -OCH3 is 1. The number of carbonyl (C=O) groups is 1. The van der Waals surface area contributed by atoms with Gasteiger partial charge in [0.2, 0.25) is 0 Å². The molecule has 1 amide bonds. The van der Waals surface area contributed by atoms with E-state index in [9.17, 15) is 9.90 Å². The van der Waals surface area contributed by atoms with Crippen LogP contribution in [-0.4, -0.2) is 30.9 Å². The Morgan fingerprint density at radius 1 is 1.27 bits per heavy atom. The zero-order chi connectivity index (χ0) is 19.1. The van der Waals surface area contributed by atoms with E-state index in [1.807, 2.05) is 25.1 Å². The molecule has 26 heavy (non-hydrogen) atoms. The Kier molecular flexibility index (Phi) is 7.47. The van der Waals surface area contributed by atoms with E-state index in [1.165, 1.54) is 13.3 Å². The number of amides is 1. The van der Waals surface area contributed by atoms with E-state index in [-0.39, 0.29) is 18.3 Å². The van der Waals surface area contributed by atoms with Crippen molar-refractivity contribution in [2.45, 2.75) is 13.3 Å². The Morgan fingerprint density at radius 2 is 2.04 bits per heavy atom. The van der Waals surface area contributed by atoms with Gasteiger partial charge in [-0.1, -0.05) is 22.9 Å². The SMILES string of the molecule is CCc1cc(Br)ccc1OCC(=O)N/N=C/c1cc(Br)c(O)c(OC)c1. The largest absolute Gasteiger partial charge is 0.503 e. The van der Waals surface area contributed by atoms with Gasteiger partial charge < -0.3 is 14.6 Å². The fraction of sp³-hybridized carbons (Fsp3) is 0.222. The topological polar surface area (TPSA) is 80.2 Å². The number of hydrogen-bond donors (Lipinski definition) is 2. The van der Waals surface area contributed by atoms with Gasteiger partial charge in [-0.05, 0) is 63.8 Å². The zero-order valence-electron chi connectivity index (χ0n) is 14.3. The van der Waals surface area contributed by atoms with Crippen molar-refractivity contribution in [1.82, 2.24) is 5.43 Å². The van der Waals surface area contributed by atoms with Crippen molar-refractivity contribution in [1.29, 1.82) is 0 Å². The lowest BCUT2D eigenvalue weighted by molar-refractivity contribution is -0.123. The van der Waals surface area contributed by atoms with Crippen LogP contribution in [0.3, 0.4) is 0 Å². The van der Waals surface area contributed by atoms with Gasteiger partial charge in [0.1, 0.15) is 5.75 Å². The average Bonchev–Trinajstić information content (AvgIpc) is 2.63. The molecular weight excluding hydrogens is 468 g/mol. The van der Waals surface area contributed by atoms with Crippen molar-refractivity contribution < 1.29 is 19.4 Å². The van der Waals surface area contributed by atoms with Crippen molar-refractivity contribution in [3.8, 4) is 17.2 Å². The molecule has 2 rings (SSSR count). The monoisotopic (exact) mass is 484 g/mol. The second kappa shape index (κ2) is 9.59. The van der Waals surface area contributed by atoms with E-state index in [4.69, 9.17) is 9.47 Å². The van der Waals surface area contributed by atoms with Crippen LogP contribution in [-0.2, 0) is 11.2 Å². The highest BCUT2D eigenvalue weighted by Gasteiger charge is 2.08. The summed E-state index contributed by atoms with van der Waals surface area (Å²) in [7, 11) is 1.45. The van der Waals surface area contributed by atoms with Crippen LogP contribution in [0.4, 0.5) is 0 Å². The summed E-state index contributed by atoms with van der Waals surface area (Å²) in [6, 6.07) is 8.89. The number of phenols is 1. The number of aryl methyl sites for hydroxylation is 1. The molecule has 0 heterocycles. The number of hydrazone groups is 1. The first kappa shape index (κ1) is 20.3. The summed E-state index contributed by atoms with van der Waals surface area (Å²) >= 11 is 6.64. The minimum atomic E-state index is -0.379. The van der Waals surface area contributed by atoms with Crippen molar-refractivity contribution in [2.24, 2.45) is 5.10 Å². The van der Waals surface area contributed by atoms with Crippen LogP contribution in [0.25, 0.3) is 0 Å². The molecule has 0 atom stereocenters. The summed E-state index contributed by atoms with van der Waals surface area (Å²) in [4.78, 5) is 11.9. The highest BCUT2D eigenvalue weighted by molar-refractivity contribution is 9.10. The van der Waals surface area contributed by atoms with Crippen LogP contribution in [0.1, 0.15) is 18.1 Å². The van der Waals surface area contributed by atoms with Crippen LogP contribution in [0, 0.1) is 0 Å². The normalized spacial score (nSPS) is 10.8. The second-order valence-electron chi connectivity index (χ2n) is 5.24. The van der Waals surface area contributed by atoms with Gasteiger partial charge in [-0.2, -0.15) is 5.10 Å². The third kappa shape index (κ3) is 5.47. The number of nitrogens with zero attached hydrogens (tertiary/aromatic N) is 1. The van der Waals surface area contributed by atoms with E-state index in [0.29, 0.717) is 21.5 Å². The first-order valence-corrected chi connectivity index (χ1v) is 9.32. The highest BCUT2D eigenvalue weighted by Crippen LogP contribution is 2.34. The molecule has 0 spiro atoms. The summed E-state index contributed by atoms with van der Waals surface area (Å²) < 4.78 is 12.0. The number of phenolic OH excluding ortho intramolecular Hbond substituents is 1. The first-order valence-electron chi connectivity index (χ1n) is 7.74. The lowest BCUT2D eigenvalue weighted by Crippen LogP contribution is -2.24. The number of rotatable bonds is 7. The number of halogens is 2. The second-order valence-corrected chi connectivity index (χ2v) is 7.01. The third-order valence-corrected chi connectivity index (χ3v) is 4.53. The van der Waals surface area contributed by atoms with Gasteiger partial charge >= 0.3 is 0 Å². The fourth-order valence-corrected chi connectivity index (χ4v) is 3.01. The van der Waals surface area contributed by atoms with Gasteiger partial charge in [0, 0.05) is 4.47 Å². The Hall–Kier alpha value is -2.06. The molecule has 0 unspecified atom stereocenters. The van der Waals surface area contributed by atoms with Crippen molar-refractivity contribution in [2.75, 3.05) is 13.7 Å². The van der Waals surface area contributed by atoms with Gasteiger partial charge in [0.25, 0.3) is 5.91 Å². The lowest BCUT2D eigenvalue weighted by atomic mass is 10.1. The van der Waals surface area contributed by atoms with Crippen LogP contribution < -0.4 is 14.9 Å². The molecular formula is C18H18Br2N2O4. The number of nitrogens with one attached hydrogen (secondary N) is 1. The summed E-state index contributed by atoms with van der Waals surface area (Å²) in [5.41, 5.74) is 4.06. The molecule has 6 nitrogen and oxygen atoms in total. The molecule has 0 aliphatic heterocycles. The number of aromatic hydroxyl groups is 1. The minimum absolute atomic E-state index is 0.00307. The molecule has 2 aromatic carbocycles. The maximum absolute atomic E-state index is 11.9. The van der Waals surface area contributed by atoms with E-state index in [2.05, 4.69) is 42.4 Å². The molecule has 0 radical (unpaired) electrons. The van der Waals surface area contributed by atoms with Crippen LogP contribution in [0.5, 0.6) is 17.2 Å². The Labute approximate surface area is 168 Å². The molecule has 2 aromatic rings. The molecule has 8 heteroatoms. The summed E-state index contributed by atoms with van der Waals surface area (Å²) in [5.74, 6) is 0.596. The molecule has 0 fully saturated rings. The summed E-state index contributed by atoms with van der Waals surface area (Å²) in [5, 5.41) is 13.7. The molecule has 138 valence electrons. The summed E-state index contributed by atoms with van der Waals surface area (Å²) in [6.07, 6.45) is 2.24. The molecule has 0 aliphatic carbocycles. The molecule has 0 saturated carbocycles. The standard InChI is InChI=1S/C18H18Br2N2O4/c1-3-12-8-13(19)4-5-15(12)26-10-17(23)22-21-9-11-6-14(20)18(24)16(7-11)25-2/h4-9,24H,3,10H2,1-2H3,(H,22,23)/b21-9+.